The maximum atomic E-state index is 13.6. The van der Waals surface area contributed by atoms with Crippen LogP contribution in [-0.2, 0) is 0 Å². The molecule has 2 aromatic rings. The van der Waals surface area contributed by atoms with Gasteiger partial charge < -0.3 is 5.73 Å². The SMILES string of the molecule is Nc1cc(F)c(-c2c(F)cc(F)c(F)c2F)nc1Br. The topological polar surface area (TPSA) is 38.9 Å². The number of hydrogen-bond acceptors (Lipinski definition) is 2. The summed E-state index contributed by atoms with van der Waals surface area (Å²) in [5.74, 6) is -8.12. The first-order chi connectivity index (χ1) is 8.82. The first-order valence-electron chi connectivity index (χ1n) is 4.77. The molecule has 0 aliphatic carbocycles. The zero-order valence-electron chi connectivity index (χ0n) is 8.95. The van der Waals surface area contributed by atoms with Crippen LogP contribution in [0.15, 0.2) is 16.7 Å². The van der Waals surface area contributed by atoms with Crippen molar-refractivity contribution in [2.75, 3.05) is 5.73 Å². The quantitative estimate of drug-likeness (QED) is 0.372. The van der Waals surface area contributed by atoms with E-state index in [0.29, 0.717) is 0 Å². The second kappa shape index (κ2) is 4.76. The molecule has 0 aliphatic heterocycles. The molecule has 0 aliphatic rings. The molecular weight excluding hydrogens is 335 g/mol. The monoisotopic (exact) mass is 338 g/mol. The number of pyridine rings is 1. The zero-order chi connectivity index (χ0) is 14.3. The summed E-state index contributed by atoms with van der Waals surface area (Å²) in [6.07, 6.45) is 0. The van der Waals surface area contributed by atoms with Crippen molar-refractivity contribution in [1.82, 2.24) is 4.98 Å². The van der Waals surface area contributed by atoms with Crippen molar-refractivity contribution in [1.29, 1.82) is 0 Å². The minimum atomic E-state index is -1.91. The van der Waals surface area contributed by atoms with Gasteiger partial charge in [-0.2, -0.15) is 0 Å². The summed E-state index contributed by atoms with van der Waals surface area (Å²) in [7, 11) is 0. The number of nitrogens with zero attached hydrogens (tertiary/aromatic N) is 1. The number of hydrogen-bond donors (Lipinski definition) is 1. The Bertz CT molecular complexity index is 675. The van der Waals surface area contributed by atoms with Gasteiger partial charge in [-0.25, -0.2) is 26.9 Å². The normalized spacial score (nSPS) is 10.8. The van der Waals surface area contributed by atoms with E-state index in [9.17, 15) is 22.0 Å². The van der Waals surface area contributed by atoms with Crippen molar-refractivity contribution < 1.29 is 22.0 Å². The Balaban J connectivity index is 2.80. The number of benzene rings is 1. The molecule has 0 radical (unpaired) electrons. The molecular formula is C11H4BrF5N2. The highest BCUT2D eigenvalue weighted by Gasteiger charge is 2.24. The molecule has 0 fully saturated rings. The Morgan fingerprint density at radius 2 is 1.53 bits per heavy atom. The second-order valence-corrected chi connectivity index (χ2v) is 4.29. The number of nitrogen functional groups attached to an aromatic ring is 1. The van der Waals surface area contributed by atoms with E-state index in [1.165, 1.54) is 0 Å². The molecule has 0 saturated heterocycles. The average Bonchev–Trinajstić information content (AvgIpc) is 2.33. The van der Waals surface area contributed by atoms with Gasteiger partial charge in [-0.05, 0) is 15.9 Å². The lowest BCUT2D eigenvalue weighted by atomic mass is 10.1. The van der Waals surface area contributed by atoms with Gasteiger partial charge >= 0.3 is 0 Å². The van der Waals surface area contributed by atoms with Crippen molar-refractivity contribution in [3.63, 3.8) is 0 Å². The zero-order valence-corrected chi connectivity index (χ0v) is 10.5. The van der Waals surface area contributed by atoms with Crippen molar-refractivity contribution in [3.8, 4) is 11.3 Å². The maximum absolute atomic E-state index is 13.6. The van der Waals surface area contributed by atoms with Crippen molar-refractivity contribution in [2.24, 2.45) is 0 Å². The van der Waals surface area contributed by atoms with Crippen molar-refractivity contribution in [3.05, 3.63) is 45.8 Å². The van der Waals surface area contributed by atoms with Gasteiger partial charge in [0.05, 0.1) is 11.3 Å². The fraction of sp³-hybridized carbons (Fsp3) is 0. The molecule has 0 spiro atoms. The number of nitrogens with two attached hydrogens (primary N) is 1. The molecule has 8 heteroatoms. The lowest BCUT2D eigenvalue weighted by molar-refractivity contribution is 0.436. The molecule has 2 N–H and O–H groups in total. The summed E-state index contributed by atoms with van der Waals surface area (Å²) in [6, 6.07) is 0.867. The smallest absolute Gasteiger partial charge is 0.195 e. The van der Waals surface area contributed by atoms with Crippen LogP contribution in [0.3, 0.4) is 0 Å². The molecule has 0 saturated carbocycles. The van der Waals surface area contributed by atoms with Crippen LogP contribution in [0.4, 0.5) is 27.6 Å². The summed E-state index contributed by atoms with van der Waals surface area (Å²) < 4.78 is 66.4. The van der Waals surface area contributed by atoms with Gasteiger partial charge in [-0.1, -0.05) is 0 Å². The predicted octanol–water partition coefficient (Wildman–Crippen LogP) is 3.79. The highest BCUT2D eigenvalue weighted by Crippen LogP contribution is 2.32. The molecule has 1 heterocycles. The Morgan fingerprint density at radius 1 is 0.895 bits per heavy atom. The average molecular weight is 339 g/mol. The van der Waals surface area contributed by atoms with E-state index in [2.05, 4.69) is 20.9 Å². The van der Waals surface area contributed by atoms with Crippen LogP contribution in [0, 0.1) is 29.1 Å². The number of anilines is 1. The molecule has 2 rings (SSSR count). The maximum Gasteiger partial charge on any atom is 0.195 e. The van der Waals surface area contributed by atoms with Crippen LogP contribution in [-0.4, -0.2) is 4.98 Å². The molecule has 0 unspecified atom stereocenters. The van der Waals surface area contributed by atoms with Gasteiger partial charge in [-0.15, -0.1) is 0 Å². The molecule has 100 valence electrons. The van der Waals surface area contributed by atoms with Crippen LogP contribution in [0.1, 0.15) is 0 Å². The highest BCUT2D eigenvalue weighted by molar-refractivity contribution is 9.10. The molecule has 2 nitrogen and oxygen atoms in total. The van der Waals surface area contributed by atoms with E-state index in [-0.39, 0.29) is 16.4 Å². The summed E-state index contributed by atoms with van der Waals surface area (Å²) in [6.45, 7) is 0. The highest BCUT2D eigenvalue weighted by atomic mass is 79.9. The molecule has 19 heavy (non-hydrogen) atoms. The summed E-state index contributed by atoms with van der Waals surface area (Å²) >= 11 is 2.84. The lowest BCUT2D eigenvalue weighted by Gasteiger charge is -2.08. The number of aromatic nitrogens is 1. The van der Waals surface area contributed by atoms with Gasteiger partial charge in [0.15, 0.2) is 23.3 Å². The van der Waals surface area contributed by atoms with Crippen LogP contribution in [0.25, 0.3) is 11.3 Å². The van der Waals surface area contributed by atoms with Crippen molar-refractivity contribution >= 4 is 21.6 Å². The van der Waals surface area contributed by atoms with Gasteiger partial charge in [0, 0.05) is 12.1 Å². The number of rotatable bonds is 1. The number of halogens is 6. The third-order valence-electron chi connectivity index (χ3n) is 2.31. The minimum absolute atomic E-state index is 0.0765. The third-order valence-corrected chi connectivity index (χ3v) is 2.94. The third kappa shape index (κ3) is 2.27. The minimum Gasteiger partial charge on any atom is -0.396 e. The van der Waals surface area contributed by atoms with E-state index < -0.39 is 40.3 Å². The standard InChI is InChI=1S/C11H4BrF5N2/c12-11-6(18)2-5(15)10(19-11)7-3(13)1-4(14)8(16)9(7)17/h1-2H,18H2. The largest absolute Gasteiger partial charge is 0.396 e. The molecule has 0 amide bonds. The Labute approximate surface area is 112 Å². The fourth-order valence-corrected chi connectivity index (χ4v) is 1.73. The second-order valence-electron chi connectivity index (χ2n) is 3.54. The molecule has 1 aromatic carbocycles. The Hall–Kier alpha value is -1.70. The van der Waals surface area contributed by atoms with Crippen LogP contribution in [0.2, 0.25) is 0 Å². The first-order valence-corrected chi connectivity index (χ1v) is 5.57. The van der Waals surface area contributed by atoms with E-state index in [1.807, 2.05) is 0 Å². The van der Waals surface area contributed by atoms with Crippen LogP contribution >= 0.6 is 15.9 Å². The molecule has 1 aromatic heterocycles. The fourth-order valence-electron chi connectivity index (χ4n) is 1.44. The summed E-state index contributed by atoms with van der Waals surface area (Å²) in [4.78, 5) is 3.48. The van der Waals surface area contributed by atoms with E-state index >= 15 is 0 Å². The lowest BCUT2D eigenvalue weighted by Crippen LogP contribution is -2.03. The molecule has 0 bridgehead atoms. The summed E-state index contributed by atoms with van der Waals surface area (Å²) in [5.41, 5.74) is 3.31. The first kappa shape index (κ1) is 13.7. The van der Waals surface area contributed by atoms with Gasteiger partial charge in [0.1, 0.15) is 16.1 Å². The van der Waals surface area contributed by atoms with Crippen LogP contribution < -0.4 is 5.73 Å². The predicted molar refractivity (Wildman–Crippen MR) is 61.6 cm³/mol. The van der Waals surface area contributed by atoms with E-state index in [1.54, 1.807) is 0 Å². The van der Waals surface area contributed by atoms with Gasteiger partial charge in [0.25, 0.3) is 0 Å². The van der Waals surface area contributed by atoms with Gasteiger partial charge in [0.2, 0.25) is 0 Å². The Morgan fingerprint density at radius 3 is 2.16 bits per heavy atom. The van der Waals surface area contributed by atoms with Crippen LogP contribution in [0.5, 0.6) is 0 Å². The summed E-state index contributed by atoms with van der Waals surface area (Å²) in [5, 5.41) is 0. The van der Waals surface area contributed by atoms with Crippen molar-refractivity contribution in [2.45, 2.75) is 0 Å². The van der Waals surface area contributed by atoms with Gasteiger partial charge in [-0.3, -0.25) is 0 Å². The molecule has 0 atom stereocenters. The Kier molecular flexibility index (Phi) is 3.44. The van der Waals surface area contributed by atoms with E-state index in [0.717, 1.165) is 6.07 Å². The van der Waals surface area contributed by atoms with E-state index in [4.69, 9.17) is 5.73 Å².